The van der Waals surface area contributed by atoms with Crippen LogP contribution in [0.15, 0.2) is 24.3 Å². The summed E-state index contributed by atoms with van der Waals surface area (Å²) < 4.78 is 0. The second-order valence-electron chi connectivity index (χ2n) is 6.35. The largest absolute Gasteiger partial charge is 0.382 e. The summed E-state index contributed by atoms with van der Waals surface area (Å²) in [5.74, 6) is 2.33. The van der Waals surface area contributed by atoms with Crippen LogP contribution in [-0.2, 0) is 0 Å². The zero-order valence-electron chi connectivity index (χ0n) is 12.2. The van der Waals surface area contributed by atoms with Crippen LogP contribution in [0.5, 0.6) is 0 Å². The van der Waals surface area contributed by atoms with E-state index in [0.29, 0.717) is 12.0 Å². The molecule has 1 nitrogen and oxygen atoms in total. The first-order chi connectivity index (χ1) is 8.58. The molecule has 1 aromatic carbocycles. The van der Waals surface area contributed by atoms with Crippen LogP contribution >= 0.6 is 0 Å². The molecule has 3 atom stereocenters. The minimum Gasteiger partial charge on any atom is -0.382 e. The number of hydrogen-bond acceptors (Lipinski definition) is 1. The summed E-state index contributed by atoms with van der Waals surface area (Å²) in [6, 6.07) is 9.44. The zero-order valence-corrected chi connectivity index (χ0v) is 12.2. The maximum atomic E-state index is 3.78. The van der Waals surface area contributed by atoms with E-state index >= 15 is 0 Å². The Bertz CT molecular complexity index is 383. The van der Waals surface area contributed by atoms with Crippen molar-refractivity contribution in [2.45, 2.75) is 58.9 Å². The Morgan fingerprint density at radius 2 is 1.78 bits per heavy atom. The van der Waals surface area contributed by atoms with Crippen molar-refractivity contribution in [1.82, 2.24) is 0 Å². The topological polar surface area (TPSA) is 12.0 Å². The molecule has 0 bridgehead atoms. The van der Waals surface area contributed by atoms with Crippen molar-refractivity contribution in [2.24, 2.45) is 11.8 Å². The SMILES string of the molecule is CC(C)c1ccccc1NC1CCC(C)C(C)C1. The molecule has 1 aliphatic rings. The minimum absolute atomic E-state index is 0.591. The van der Waals surface area contributed by atoms with Crippen molar-refractivity contribution >= 4 is 5.69 Å². The van der Waals surface area contributed by atoms with Gasteiger partial charge in [0.05, 0.1) is 0 Å². The standard InChI is InChI=1S/C17H27N/c1-12(2)16-7-5-6-8-17(16)18-15-10-9-13(3)14(4)11-15/h5-8,12-15,18H,9-11H2,1-4H3. The molecule has 2 rings (SSSR count). The highest BCUT2D eigenvalue weighted by atomic mass is 14.9. The molecule has 0 radical (unpaired) electrons. The number of para-hydroxylation sites is 1. The van der Waals surface area contributed by atoms with Crippen LogP contribution in [0, 0.1) is 11.8 Å². The Labute approximate surface area is 112 Å². The highest BCUT2D eigenvalue weighted by molar-refractivity contribution is 5.53. The molecular formula is C17H27N. The molecule has 0 saturated heterocycles. The van der Waals surface area contributed by atoms with E-state index in [4.69, 9.17) is 0 Å². The van der Waals surface area contributed by atoms with Crippen LogP contribution in [0.3, 0.4) is 0 Å². The van der Waals surface area contributed by atoms with Crippen molar-refractivity contribution in [3.05, 3.63) is 29.8 Å². The normalized spacial score (nSPS) is 28.4. The highest BCUT2D eigenvalue weighted by Crippen LogP contribution is 2.32. The molecule has 0 spiro atoms. The van der Waals surface area contributed by atoms with Gasteiger partial charge in [0.2, 0.25) is 0 Å². The molecule has 0 aromatic heterocycles. The van der Waals surface area contributed by atoms with E-state index in [1.165, 1.54) is 30.5 Å². The first-order valence-electron chi connectivity index (χ1n) is 7.43. The molecule has 1 aromatic rings. The Morgan fingerprint density at radius 1 is 1.06 bits per heavy atom. The maximum Gasteiger partial charge on any atom is 0.0377 e. The highest BCUT2D eigenvalue weighted by Gasteiger charge is 2.24. The van der Waals surface area contributed by atoms with E-state index in [-0.39, 0.29) is 0 Å². The van der Waals surface area contributed by atoms with Gasteiger partial charge in [-0.2, -0.15) is 0 Å². The zero-order chi connectivity index (χ0) is 13.1. The molecule has 1 N–H and O–H groups in total. The van der Waals surface area contributed by atoms with Crippen LogP contribution in [0.2, 0.25) is 0 Å². The average molecular weight is 245 g/mol. The molecule has 1 fully saturated rings. The summed E-state index contributed by atoms with van der Waals surface area (Å²) in [7, 11) is 0. The summed E-state index contributed by atoms with van der Waals surface area (Å²) in [4.78, 5) is 0. The molecule has 1 aliphatic carbocycles. The van der Waals surface area contributed by atoms with Gasteiger partial charge in [-0.3, -0.25) is 0 Å². The monoisotopic (exact) mass is 245 g/mol. The van der Waals surface area contributed by atoms with Crippen LogP contribution in [0.4, 0.5) is 5.69 Å². The minimum atomic E-state index is 0.591. The lowest BCUT2D eigenvalue weighted by Gasteiger charge is -2.33. The first-order valence-corrected chi connectivity index (χ1v) is 7.43. The van der Waals surface area contributed by atoms with Crippen molar-refractivity contribution < 1.29 is 0 Å². The van der Waals surface area contributed by atoms with E-state index in [1.807, 2.05) is 0 Å². The van der Waals surface area contributed by atoms with E-state index in [1.54, 1.807) is 0 Å². The number of nitrogens with one attached hydrogen (secondary N) is 1. The van der Waals surface area contributed by atoms with Crippen molar-refractivity contribution in [3.8, 4) is 0 Å². The fraction of sp³-hybridized carbons (Fsp3) is 0.647. The first kappa shape index (κ1) is 13.5. The molecule has 100 valence electrons. The summed E-state index contributed by atoms with van der Waals surface area (Å²) in [6.45, 7) is 9.33. The van der Waals surface area contributed by atoms with Gasteiger partial charge in [-0.15, -0.1) is 0 Å². The van der Waals surface area contributed by atoms with Gasteiger partial charge in [0, 0.05) is 11.7 Å². The molecule has 0 heterocycles. The Morgan fingerprint density at radius 3 is 2.44 bits per heavy atom. The smallest absolute Gasteiger partial charge is 0.0377 e. The van der Waals surface area contributed by atoms with E-state index in [0.717, 1.165) is 11.8 Å². The average Bonchev–Trinajstić information content (AvgIpc) is 2.34. The van der Waals surface area contributed by atoms with Crippen LogP contribution in [0.1, 0.15) is 58.4 Å². The molecule has 3 unspecified atom stereocenters. The Kier molecular flexibility index (Phi) is 4.31. The third kappa shape index (κ3) is 3.07. The van der Waals surface area contributed by atoms with Gasteiger partial charge in [0.1, 0.15) is 0 Å². The van der Waals surface area contributed by atoms with E-state index in [9.17, 15) is 0 Å². The Hall–Kier alpha value is -0.980. The number of benzene rings is 1. The van der Waals surface area contributed by atoms with Crippen LogP contribution < -0.4 is 5.32 Å². The van der Waals surface area contributed by atoms with Crippen LogP contribution in [-0.4, -0.2) is 6.04 Å². The number of hydrogen-bond donors (Lipinski definition) is 1. The molecule has 0 amide bonds. The second-order valence-corrected chi connectivity index (χ2v) is 6.35. The molecule has 1 saturated carbocycles. The maximum absolute atomic E-state index is 3.78. The van der Waals surface area contributed by atoms with E-state index < -0.39 is 0 Å². The number of rotatable bonds is 3. The summed E-state index contributed by atoms with van der Waals surface area (Å²) in [5.41, 5.74) is 2.79. The second kappa shape index (κ2) is 5.77. The lowest BCUT2D eigenvalue weighted by molar-refractivity contribution is 0.261. The molecule has 0 aliphatic heterocycles. The van der Waals surface area contributed by atoms with Crippen molar-refractivity contribution in [3.63, 3.8) is 0 Å². The van der Waals surface area contributed by atoms with Gasteiger partial charge < -0.3 is 5.32 Å². The van der Waals surface area contributed by atoms with Gasteiger partial charge in [0.15, 0.2) is 0 Å². The lowest BCUT2D eigenvalue weighted by Crippen LogP contribution is -2.30. The third-order valence-corrected chi connectivity index (χ3v) is 4.54. The molecular weight excluding hydrogens is 218 g/mol. The van der Waals surface area contributed by atoms with Gasteiger partial charge in [-0.1, -0.05) is 45.9 Å². The molecule has 18 heavy (non-hydrogen) atoms. The van der Waals surface area contributed by atoms with E-state index in [2.05, 4.69) is 57.3 Å². The van der Waals surface area contributed by atoms with Crippen LogP contribution in [0.25, 0.3) is 0 Å². The van der Waals surface area contributed by atoms with Gasteiger partial charge in [-0.05, 0) is 48.6 Å². The summed E-state index contributed by atoms with van der Waals surface area (Å²) >= 11 is 0. The number of anilines is 1. The third-order valence-electron chi connectivity index (χ3n) is 4.54. The fourth-order valence-corrected chi connectivity index (χ4v) is 3.03. The van der Waals surface area contributed by atoms with Gasteiger partial charge in [-0.25, -0.2) is 0 Å². The Balaban J connectivity index is 2.06. The van der Waals surface area contributed by atoms with Crippen molar-refractivity contribution in [2.75, 3.05) is 5.32 Å². The predicted octanol–water partition coefficient (Wildman–Crippen LogP) is 5.05. The van der Waals surface area contributed by atoms with Crippen molar-refractivity contribution in [1.29, 1.82) is 0 Å². The quantitative estimate of drug-likeness (QED) is 0.786. The molecule has 1 heteroatoms. The lowest BCUT2D eigenvalue weighted by atomic mass is 9.79. The summed E-state index contributed by atoms with van der Waals surface area (Å²) in [6.07, 6.45) is 3.99. The fourth-order valence-electron chi connectivity index (χ4n) is 3.03. The summed E-state index contributed by atoms with van der Waals surface area (Å²) in [5, 5.41) is 3.78. The van der Waals surface area contributed by atoms with Gasteiger partial charge in [0.25, 0.3) is 0 Å². The van der Waals surface area contributed by atoms with Gasteiger partial charge >= 0.3 is 0 Å². The predicted molar refractivity (Wildman–Crippen MR) is 80.1 cm³/mol.